The zero-order valence-electron chi connectivity index (χ0n) is 75.0. The summed E-state index contributed by atoms with van der Waals surface area (Å²) >= 11 is 0. The third-order valence-electron chi connectivity index (χ3n) is 14.5. The molecule has 0 fully saturated rings. The van der Waals surface area contributed by atoms with Crippen LogP contribution in [0.15, 0.2) is 267 Å². The SMILES string of the molecule is [2H]c1c(-c2cc(-c3c([2H])c([2H])c([2H])c([2H])c3[2H])cc(C(C)(C)C)c2-[n+]2[c-]n(-c3cccc(Oc4ccc5c6ccccc6n(-c6cc(C([2H])([2H])[2H])c(-c7c([2H])c([2H])c([2H])c([2H])c7[2H])cn6)c5c4)c3)c3cc(-c4c(C([2H])([2H])[2H])cccc4C([2H])([2H])[2H])ccc32)cc(-c2c([2H])c([2H])c([2H])c([2H])c2[2H])cc1-c1c([2H])c([2H])c([2H])c([2H])c1[2H]. The molecule has 3 heterocycles. The number of hydrogen-bond acceptors (Lipinski definition) is 2. The van der Waals surface area contributed by atoms with Crippen LogP contribution in [0.1, 0.15) is 84.1 Å². The van der Waals surface area contributed by atoms with E-state index in [9.17, 15) is 9.60 Å². The number of para-hydroxylation sites is 1. The number of ether oxygens (including phenoxy) is 1. The predicted octanol–water partition coefficient (Wildman–Crippen LogP) is 20.2. The van der Waals surface area contributed by atoms with Crippen molar-refractivity contribution in [1.82, 2.24) is 14.1 Å². The number of benzene rings is 11. The predicted molar refractivity (Wildman–Crippen MR) is 348 cm³/mol. The van der Waals surface area contributed by atoms with E-state index in [1.165, 1.54) is 48.5 Å². The Kier molecular flexibility index (Phi) is 7.20. The van der Waals surface area contributed by atoms with Crippen LogP contribution >= 0.6 is 0 Å². The Labute approximate surface area is 533 Å². The maximum absolute atomic E-state index is 10.5. The molecule has 0 saturated carbocycles. The van der Waals surface area contributed by atoms with E-state index < -0.39 is 170 Å². The lowest BCUT2D eigenvalue weighted by molar-refractivity contribution is -0.572. The Morgan fingerprint density at radius 1 is 0.476 bits per heavy atom. The molecule has 0 spiro atoms. The molecule has 0 bridgehead atoms. The van der Waals surface area contributed by atoms with Crippen LogP contribution in [0.5, 0.6) is 11.5 Å². The number of rotatable bonds is 11. The van der Waals surface area contributed by atoms with Crippen LogP contribution in [-0.2, 0) is 5.41 Å². The molecule has 0 saturated heterocycles. The molecule has 0 aliphatic heterocycles. The van der Waals surface area contributed by atoms with Gasteiger partial charge in [-0.25, -0.2) is 4.98 Å². The van der Waals surface area contributed by atoms with E-state index >= 15 is 0 Å². The highest BCUT2D eigenvalue weighted by Gasteiger charge is 2.28. The van der Waals surface area contributed by atoms with Gasteiger partial charge >= 0.3 is 0 Å². The lowest BCUT2D eigenvalue weighted by Gasteiger charge is -2.28. The number of hydrogen-bond donors (Lipinski definition) is 0. The Morgan fingerprint density at radius 2 is 1.10 bits per heavy atom. The van der Waals surface area contributed by atoms with Gasteiger partial charge in [0.25, 0.3) is 6.33 Å². The fourth-order valence-electron chi connectivity index (χ4n) is 10.7. The molecule has 0 N–H and O–H groups in total. The molecule has 0 aliphatic rings. The van der Waals surface area contributed by atoms with Crippen LogP contribution in [0.4, 0.5) is 0 Å². The molecule has 404 valence electrons. The van der Waals surface area contributed by atoms with E-state index in [-0.39, 0.29) is 112 Å². The first kappa shape index (κ1) is 28.6. The van der Waals surface area contributed by atoms with Gasteiger partial charge in [0, 0.05) is 40.9 Å². The van der Waals surface area contributed by atoms with Crippen molar-refractivity contribution in [2.75, 3.05) is 0 Å². The average Bonchev–Trinajstić information content (AvgIpc) is 1.44. The second-order valence-electron chi connectivity index (χ2n) is 20.8. The molecule has 14 aromatic rings. The maximum atomic E-state index is 10.5. The molecule has 5 nitrogen and oxygen atoms in total. The lowest BCUT2D eigenvalue weighted by atomic mass is 9.80. The van der Waals surface area contributed by atoms with Gasteiger partial charge in [0.15, 0.2) is 0 Å². The number of pyridine rings is 1. The molecule has 0 atom stereocenters. The quantitative estimate of drug-likeness (QED) is 0.0956. The van der Waals surface area contributed by atoms with Gasteiger partial charge in [0.2, 0.25) is 0 Å². The molecule has 14 rings (SSSR count). The molecule has 0 unspecified atom stereocenters. The van der Waals surface area contributed by atoms with E-state index in [2.05, 4.69) is 6.33 Å². The smallest absolute Gasteiger partial charge is 0.269 e. The van der Waals surface area contributed by atoms with Crippen LogP contribution in [0.2, 0.25) is 0 Å². The molecule has 5 heteroatoms. The summed E-state index contributed by atoms with van der Waals surface area (Å²) in [5.41, 5.74) is -3.03. The van der Waals surface area contributed by atoms with Crippen LogP contribution in [0, 0.1) is 26.9 Å². The second-order valence-corrected chi connectivity index (χ2v) is 20.8. The summed E-state index contributed by atoms with van der Waals surface area (Å²) < 4.78 is 278. The molecular weight excluding hydrogens is 1020 g/mol. The molecule has 84 heavy (non-hydrogen) atoms. The molecule has 0 aliphatic carbocycles. The fourth-order valence-corrected chi connectivity index (χ4v) is 10.7. The van der Waals surface area contributed by atoms with Crippen LogP contribution in [0.25, 0.3) is 117 Å². The van der Waals surface area contributed by atoms with E-state index in [0.29, 0.717) is 21.8 Å². The number of nitrogens with zero attached hydrogens (tertiary/aromatic N) is 4. The van der Waals surface area contributed by atoms with Gasteiger partial charge in [-0.15, -0.1) is 0 Å². The van der Waals surface area contributed by atoms with Crippen LogP contribution in [0.3, 0.4) is 0 Å². The third-order valence-corrected chi connectivity index (χ3v) is 14.5. The first-order chi connectivity index (χ1) is 53.3. The highest BCUT2D eigenvalue weighted by molar-refractivity contribution is 6.09. The van der Waals surface area contributed by atoms with Crippen LogP contribution < -0.4 is 9.30 Å². The summed E-state index contributed by atoms with van der Waals surface area (Å²) in [6, 6.07) is 19.1. The van der Waals surface area contributed by atoms with Gasteiger partial charge in [-0.3, -0.25) is 13.7 Å². The topological polar surface area (TPSA) is 35.9 Å². The maximum Gasteiger partial charge on any atom is 0.269 e. The Balaban J connectivity index is 1.06. The van der Waals surface area contributed by atoms with Crippen molar-refractivity contribution in [3.63, 3.8) is 0 Å². The van der Waals surface area contributed by atoms with Crippen molar-refractivity contribution in [3.8, 4) is 95.5 Å². The number of imidazole rings is 1. The van der Waals surface area contributed by atoms with Gasteiger partial charge in [-0.05, 0) is 182 Å². The van der Waals surface area contributed by atoms with E-state index in [1.54, 1.807) is 107 Å². The molecular formula is C79H62N4O. The van der Waals surface area contributed by atoms with Gasteiger partial charge in [-0.1, -0.05) is 202 Å². The highest BCUT2D eigenvalue weighted by atomic mass is 16.5. The Morgan fingerprint density at radius 3 is 1.79 bits per heavy atom. The molecule has 0 radical (unpaired) electrons. The van der Waals surface area contributed by atoms with E-state index in [1.807, 2.05) is 12.1 Å². The Hall–Kier alpha value is -10.4. The van der Waals surface area contributed by atoms with Gasteiger partial charge in [0.05, 0.1) is 62.2 Å². The average molecular weight is 1110 g/mol. The zero-order valence-corrected chi connectivity index (χ0v) is 45.0. The minimum Gasteiger partial charge on any atom is -0.458 e. The van der Waals surface area contributed by atoms with E-state index in [0.717, 1.165) is 6.20 Å². The van der Waals surface area contributed by atoms with Crippen molar-refractivity contribution >= 4 is 32.8 Å². The first-order valence-corrected chi connectivity index (χ1v) is 26.4. The number of aromatic nitrogens is 4. The summed E-state index contributed by atoms with van der Waals surface area (Å²) in [5, 5.41) is 1.37. The van der Waals surface area contributed by atoms with Crippen molar-refractivity contribution in [1.29, 1.82) is 0 Å². The Bertz CT molecular complexity index is 6340. The first-order valence-electron chi connectivity index (χ1n) is 41.4. The standard InChI is InChI=1S/C79H62N4O/c1-52-23-21-24-53(2)77(52)59-37-40-73-75(47-59)81(64-33-22-34-65(48-64)84-66-38-39-68-67-35-19-20-36-72(67)83(74(68)49-66)76-41-54(3)70(50-80-76)58-31-17-10-18-32-58)51-82(73)78-69(45-62(46-71(78)79(4,5)6)57-29-15-9-16-30-57)63-43-60(55-25-11-7-12-26-55)42-61(44-63)56-27-13-8-14-28-56/h7-50H,1-6H3/i1D3,2D3,3D3,7D,8D,9D,10D,11D,12D,13D,14D,15D,16D,17D,18D,25D,26D,27D,28D,29D,30D,31D,32D,43D. The van der Waals surface area contributed by atoms with Gasteiger partial charge in [-0.2, -0.15) is 0 Å². The number of aryl methyl sites for hydroxylation is 3. The van der Waals surface area contributed by atoms with Crippen molar-refractivity contribution < 1.29 is 50.4 Å². The normalized spacial score (nSPS) is 17.2. The van der Waals surface area contributed by atoms with Crippen molar-refractivity contribution in [3.05, 3.63) is 295 Å². The summed E-state index contributed by atoms with van der Waals surface area (Å²) in [7, 11) is 0. The molecule has 11 aromatic carbocycles. The largest absolute Gasteiger partial charge is 0.458 e. The second kappa shape index (κ2) is 21.2. The zero-order chi connectivity index (χ0) is 82.8. The monoisotopic (exact) mass is 1110 g/mol. The van der Waals surface area contributed by atoms with Gasteiger partial charge in [0.1, 0.15) is 17.3 Å². The molecule has 0 amide bonds. The van der Waals surface area contributed by atoms with Gasteiger partial charge < -0.3 is 4.74 Å². The summed E-state index contributed by atoms with van der Waals surface area (Å²) in [6.45, 7) is -3.34. The van der Waals surface area contributed by atoms with Crippen molar-refractivity contribution in [2.45, 2.75) is 46.7 Å². The van der Waals surface area contributed by atoms with E-state index in [4.69, 9.17) is 41.2 Å². The molecule has 3 aromatic heterocycles. The summed E-state index contributed by atoms with van der Waals surface area (Å²) in [6.07, 6.45) is 4.65. The third kappa shape index (κ3) is 9.53. The number of fused-ring (bicyclic) bond motifs is 4. The minimum absolute atomic E-state index is 0.0391. The van der Waals surface area contributed by atoms with Crippen molar-refractivity contribution in [2.24, 2.45) is 0 Å². The summed E-state index contributed by atoms with van der Waals surface area (Å²) in [4.78, 5) is 4.71. The fraction of sp³-hybridized carbons (Fsp3) is 0.0886. The lowest BCUT2D eigenvalue weighted by Crippen LogP contribution is -2.35. The van der Waals surface area contributed by atoms with Crippen LogP contribution in [-0.4, -0.2) is 14.1 Å². The summed E-state index contributed by atoms with van der Waals surface area (Å²) in [5.74, 6) is 0.457. The highest BCUT2D eigenvalue weighted by Crippen LogP contribution is 2.43. The minimum atomic E-state index is -2.92.